The number of ether oxygens (including phenoxy) is 3. The van der Waals surface area contributed by atoms with Gasteiger partial charge in [-0.3, -0.25) is 9.59 Å². The number of carbonyl (C=O) groups excluding carboxylic acids is 2. The minimum Gasteiger partial charge on any atom is -0.463 e. The molecule has 4 bridgehead atoms. The van der Waals surface area contributed by atoms with Crippen LogP contribution in [0.4, 0.5) is 0 Å². The molecule has 0 spiro atoms. The summed E-state index contributed by atoms with van der Waals surface area (Å²) in [6.07, 6.45) is 5.27. The Bertz CT molecular complexity index is 825. The largest absolute Gasteiger partial charge is 0.463 e. The average molecular weight is 382 g/mol. The molecular formula is C23H26O5. The first kappa shape index (κ1) is 19.9. The molecule has 2 aromatic carbocycles. The van der Waals surface area contributed by atoms with Crippen molar-refractivity contribution in [3.8, 4) is 17.2 Å². The summed E-state index contributed by atoms with van der Waals surface area (Å²) in [5.74, 6) is 1.03. The lowest BCUT2D eigenvalue weighted by molar-refractivity contribution is -0.147. The molecule has 4 rings (SSSR count). The third kappa shape index (κ3) is 5.84. The average Bonchev–Trinajstić information content (AvgIpc) is 2.65. The minimum absolute atomic E-state index is 0.0551. The van der Waals surface area contributed by atoms with Crippen molar-refractivity contribution in [2.24, 2.45) is 0 Å². The summed E-state index contributed by atoms with van der Waals surface area (Å²) < 4.78 is 16.8. The first-order valence-electron chi connectivity index (χ1n) is 9.75. The summed E-state index contributed by atoms with van der Waals surface area (Å²) in [6.45, 7) is 2.84. The molecule has 2 aliphatic rings. The molecular weight excluding hydrogens is 356 g/mol. The van der Waals surface area contributed by atoms with Gasteiger partial charge in [-0.1, -0.05) is 18.2 Å². The summed E-state index contributed by atoms with van der Waals surface area (Å²) in [4.78, 5) is 22.8. The van der Waals surface area contributed by atoms with Gasteiger partial charge in [0.25, 0.3) is 0 Å². The van der Waals surface area contributed by atoms with Crippen LogP contribution in [0.3, 0.4) is 0 Å². The van der Waals surface area contributed by atoms with Crippen molar-refractivity contribution in [3.63, 3.8) is 0 Å². The van der Waals surface area contributed by atoms with Gasteiger partial charge in [-0.15, -0.1) is 0 Å². The van der Waals surface area contributed by atoms with Crippen molar-refractivity contribution in [3.05, 3.63) is 53.6 Å². The fraction of sp³-hybridized carbons (Fsp3) is 0.391. The molecule has 1 atom stereocenters. The maximum atomic E-state index is 11.4. The number of hydrogen-bond acceptors (Lipinski definition) is 5. The van der Waals surface area contributed by atoms with Gasteiger partial charge in [-0.05, 0) is 73.9 Å². The maximum Gasteiger partial charge on any atom is 0.308 e. The van der Waals surface area contributed by atoms with E-state index in [0.717, 1.165) is 49.7 Å². The lowest BCUT2D eigenvalue weighted by atomic mass is 10.0. The van der Waals surface area contributed by atoms with Gasteiger partial charge in [-0.2, -0.15) is 0 Å². The van der Waals surface area contributed by atoms with Crippen LogP contribution in [0.2, 0.25) is 0 Å². The highest BCUT2D eigenvalue weighted by atomic mass is 16.6. The van der Waals surface area contributed by atoms with Crippen LogP contribution in [0, 0.1) is 0 Å². The third-order valence-electron chi connectivity index (χ3n) is 4.74. The monoisotopic (exact) mass is 382 g/mol. The fourth-order valence-electron chi connectivity index (χ4n) is 3.40. The second-order valence-corrected chi connectivity index (χ2v) is 7.14. The van der Waals surface area contributed by atoms with Crippen molar-refractivity contribution < 1.29 is 23.8 Å². The topological polar surface area (TPSA) is 61.8 Å². The van der Waals surface area contributed by atoms with E-state index in [-0.39, 0.29) is 18.0 Å². The Morgan fingerprint density at radius 2 is 1.64 bits per heavy atom. The first-order valence-corrected chi connectivity index (χ1v) is 9.75. The van der Waals surface area contributed by atoms with Crippen LogP contribution in [-0.2, 0) is 27.2 Å². The van der Waals surface area contributed by atoms with E-state index in [2.05, 4.69) is 0 Å². The normalized spacial score (nSPS) is 17.0. The van der Waals surface area contributed by atoms with Crippen LogP contribution in [-0.4, -0.2) is 18.0 Å². The van der Waals surface area contributed by atoms with Gasteiger partial charge in [0.05, 0.1) is 0 Å². The molecule has 0 N–H and O–H groups in total. The third-order valence-corrected chi connectivity index (χ3v) is 4.74. The minimum atomic E-state index is -0.379. The quantitative estimate of drug-likeness (QED) is 0.541. The molecule has 0 amide bonds. The number of rotatable bonds is 2. The van der Waals surface area contributed by atoms with Gasteiger partial charge < -0.3 is 14.2 Å². The molecule has 2 aliphatic heterocycles. The van der Waals surface area contributed by atoms with Crippen LogP contribution in [0.25, 0.3) is 0 Å². The van der Waals surface area contributed by atoms with E-state index in [1.165, 1.54) is 13.8 Å². The molecule has 0 radical (unpaired) electrons. The Labute approximate surface area is 165 Å². The van der Waals surface area contributed by atoms with Crippen LogP contribution in [0.1, 0.15) is 50.7 Å². The SMILES string of the molecule is CC(=O)Oc1ccc2cc1Oc1ccc(cc1)CC[C@@H](OC(C)=O)CCCC2. The van der Waals surface area contributed by atoms with Crippen LogP contribution >= 0.6 is 0 Å². The fourth-order valence-corrected chi connectivity index (χ4v) is 3.40. The number of esters is 2. The molecule has 2 aromatic rings. The Balaban J connectivity index is 1.86. The lowest BCUT2D eigenvalue weighted by Gasteiger charge is -2.17. The van der Waals surface area contributed by atoms with E-state index in [1.807, 2.05) is 36.4 Å². The summed E-state index contributed by atoms with van der Waals surface area (Å²) in [5, 5.41) is 0. The predicted octanol–water partition coefficient (Wildman–Crippen LogP) is 4.99. The van der Waals surface area contributed by atoms with E-state index in [9.17, 15) is 9.59 Å². The maximum absolute atomic E-state index is 11.4. The molecule has 0 unspecified atom stereocenters. The van der Waals surface area contributed by atoms with E-state index in [1.54, 1.807) is 6.07 Å². The van der Waals surface area contributed by atoms with Crippen molar-refractivity contribution in [2.75, 3.05) is 0 Å². The summed E-state index contributed by atoms with van der Waals surface area (Å²) in [7, 11) is 0. The molecule has 0 fully saturated rings. The molecule has 5 nitrogen and oxygen atoms in total. The van der Waals surface area contributed by atoms with Gasteiger partial charge >= 0.3 is 11.9 Å². The van der Waals surface area contributed by atoms with Crippen molar-refractivity contribution in [1.82, 2.24) is 0 Å². The highest BCUT2D eigenvalue weighted by Crippen LogP contribution is 2.34. The number of carbonyl (C=O) groups is 2. The number of aryl methyl sites for hydroxylation is 2. The molecule has 2 heterocycles. The van der Waals surface area contributed by atoms with Gasteiger partial charge in [0, 0.05) is 13.8 Å². The zero-order valence-electron chi connectivity index (χ0n) is 16.4. The summed E-state index contributed by atoms with van der Waals surface area (Å²) in [6, 6.07) is 13.5. The highest BCUT2D eigenvalue weighted by Gasteiger charge is 2.14. The molecule has 148 valence electrons. The zero-order chi connectivity index (χ0) is 19.9. The summed E-state index contributed by atoms with van der Waals surface area (Å²) in [5.41, 5.74) is 2.27. The predicted molar refractivity (Wildman–Crippen MR) is 106 cm³/mol. The number of benzene rings is 2. The van der Waals surface area contributed by atoms with Gasteiger partial charge in [0.1, 0.15) is 11.9 Å². The van der Waals surface area contributed by atoms with E-state index in [0.29, 0.717) is 17.2 Å². The van der Waals surface area contributed by atoms with Crippen molar-refractivity contribution >= 4 is 11.9 Å². The smallest absolute Gasteiger partial charge is 0.308 e. The Morgan fingerprint density at radius 1 is 0.893 bits per heavy atom. The van der Waals surface area contributed by atoms with Crippen molar-refractivity contribution in [1.29, 1.82) is 0 Å². The lowest BCUT2D eigenvalue weighted by Crippen LogP contribution is -2.17. The molecule has 0 aliphatic carbocycles. The Morgan fingerprint density at radius 3 is 2.36 bits per heavy atom. The van der Waals surface area contributed by atoms with Gasteiger partial charge in [0.2, 0.25) is 0 Å². The van der Waals surface area contributed by atoms with Crippen LogP contribution < -0.4 is 9.47 Å². The molecule has 5 heteroatoms. The number of hydrogen-bond donors (Lipinski definition) is 0. The number of fused-ring (bicyclic) bond motifs is 8. The molecule has 0 saturated heterocycles. The van der Waals surface area contributed by atoms with Crippen molar-refractivity contribution in [2.45, 2.75) is 58.5 Å². The molecule has 0 aromatic heterocycles. The second-order valence-electron chi connectivity index (χ2n) is 7.14. The molecule has 28 heavy (non-hydrogen) atoms. The second kappa shape index (κ2) is 9.40. The standard InChI is InChI=1S/C23H26O5/c1-16(24)26-20-6-4-3-5-19-10-14-22(27-17(2)25)23(15-19)28-21-12-8-18(7-11-20)9-13-21/h8-10,12-15,20H,3-7,11H2,1-2H3/t20-/m0/s1. The highest BCUT2D eigenvalue weighted by molar-refractivity contribution is 5.70. The summed E-state index contributed by atoms with van der Waals surface area (Å²) >= 11 is 0. The van der Waals surface area contributed by atoms with E-state index in [4.69, 9.17) is 14.2 Å². The van der Waals surface area contributed by atoms with Crippen LogP contribution in [0.15, 0.2) is 42.5 Å². The van der Waals surface area contributed by atoms with E-state index < -0.39 is 0 Å². The van der Waals surface area contributed by atoms with E-state index >= 15 is 0 Å². The first-order chi connectivity index (χ1) is 13.5. The van der Waals surface area contributed by atoms with Gasteiger partial charge in [-0.25, -0.2) is 0 Å². The Kier molecular flexibility index (Phi) is 6.69. The zero-order valence-corrected chi connectivity index (χ0v) is 16.4. The molecule has 0 saturated carbocycles. The van der Waals surface area contributed by atoms with Gasteiger partial charge in [0.15, 0.2) is 11.5 Å². The van der Waals surface area contributed by atoms with Crippen LogP contribution in [0.5, 0.6) is 17.2 Å². The Hall–Kier alpha value is -2.82.